The SMILES string of the molecule is O=C(NNC(=S)Nc1ccc(F)cc1F)c1ccccc1O. The van der Waals surface area contributed by atoms with Crippen molar-refractivity contribution in [3.05, 3.63) is 59.7 Å². The number of anilines is 1. The molecule has 114 valence electrons. The highest BCUT2D eigenvalue weighted by Gasteiger charge is 2.11. The number of halogens is 2. The number of phenols is 1. The molecule has 0 fully saturated rings. The fourth-order valence-corrected chi connectivity index (χ4v) is 1.75. The number of benzene rings is 2. The molecule has 0 aliphatic rings. The van der Waals surface area contributed by atoms with Crippen LogP contribution in [0.1, 0.15) is 10.4 Å². The molecular weight excluding hydrogens is 312 g/mol. The average molecular weight is 323 g/mol. The number of thiocarbonyl (C=S) groups is 1. The summed E-state index contributed by atoms with van der Waals surface area (Å²) in [4.78, 5) is 11.8. The number of hydrazine groups is 1. The number of carbonyl (C=O) groups excluding carboxylic acids is 1. The number of para-hydroxylation sites is 1. The Balaban J connectivity index is 1.93. The van der Waals surface area contributed by atoms with Crippen molar-refractivity contribution < 1.29 is 18.7 Å². The zero-order chi connectivity index (χ0) is 16.1. The molecule has 0 spiro atoms. The largest absolute Gasteiger partial charge is 0.507 e. The molecule has 0 aromatic heterocycles. The number of rotatable bonds is 2. The maximum Gasteiger partial charge on any atom is 0.273 e. The molecule has 0 unspecified atom stereocenters. The van der Waals surface area contributed by atoms with Gasteiger partial charge in [0.15, 0.2) is 5.11 Å². The van der Waals surface area contributed by atoms with Gasteiger partial charge < -0.3 is 10.4 Å². The molecule has 0 radical (unpaired) electrons. The first-order valence-electron chi connectivity index (χ1n) is 6.08. The Morgan fingerprint density at radius 3 is 2.50 bits per heavy atom. The molecule has 2 aromatic carbocycles. The predicted molar refractivity (Wildman–Crippen MR) is 81.3 cm³/mol. The van der Waals surface area contributed by atoms with E-state index in [2.05, 4.69) is 16.2 Å². The molecule has 0 atom stereocenters. The number of hydrogen-bond acceptors (Lipinski definition) is 3. The Hall–Kier alpha value is -2.74. The van der Waals surface area contributed by atoms with Crippen LogP contribution < -0.4 is 16.2 Å². The van der Waals surface area contributed by atoms with Gasteiger partial charge >= 0.3 is 0 Å². The van der Waals surface area contributed by atoms with Crippen LogP contribution in [0.25, 0.3) is 0 Å². The van der Waals surface area contributed by atoms with Crippen molar-refractivity contribution in [2.24, 2.45) is 0 Å². The molecule has 1 amide bonds. The second-order valence-electron chi connectivity index (χ2n) is 4.17. The van der Waals surface area contributed by atoms with E-state index < -0.39 is 17.5 Å². The second kappa shape index (κ2) is 6.81. The Labute approximate surface area is 129 Å². The summed E-state index contributed by atoms with van der Waals surface area (Å²) >= 11 is 4.87. The number of hydrogen-bond donors (Lipinski definition) is 4. The Morgan fingerprint density at radius 1 is 1.09 bits per heavy atom. The van der Waals surface area contributed by atoms with E-state index in [1.807, 2.05) is 0 Å². The van der Waals surface area contributed by atoms with Crippen LogP contribution in [0.2, 0.25) is 0 Å². The molecular formula is C14H11F2N3O2S. The summed E-state index contributed by atoms with van der Waals surface area (Å²) in [5, 5.41) is 11.9. The number of amides is 1. The van der Waals surface area contributed by atoms with E-state index in [1.165, 1.54) is 18.2 Å². The maximum absolute atomic E-state index is 13.4. The van der Waals surface area contributed by atoms with Crippen LogP contribution in [0.5, 0.6) is 5.75 Å². The molecule has 0 saturated heterocycles. The van der Waals surface area contributed by atoms with Crippen molar-refractivity contribution >= 4 is 28.9 Å². The summed E-state index contributed by atoms with van der Waals surface area (Å²) in [6, 6.07) is 8.87. The van der Waals surface area contributed by atoms with Crippen LogP contribution in [-0.4, -0.2) is 16.1 Å². The highest BCUT2D eigenvalue weighted by molar-refractivity contribution is 7.80. The van der Waals surface area contributed by atoms with Crippen molar-refractivity contribution in [2.45, 2.75) is 0 Å². The maximum atomic E-state index is 13.4. The summed E-state index contributed by atoms with van der Waals surface area (Å²) in [6.07, 6.45) is 0. The molecule has 0 aliphatic heterocycles. The van der Waals surface area contributed by atoms with E-state index in [9.17, 15) is 18.7 Å². The highest BCUT2D eigenvalue weighted by Crippen LogP contribution is 2.15. The zero-order valence-electron chi connectivity index (χ0n) is 11.1. The van der Waals surface area contributed by atoms with Crippen LogP contribution in [0.3, 0.4) is 0 Å². The minimum atomic E-state index is -0.823. The zero-order valence-corrected chi connectivity index (χ0v) is 11.9. The van der Waals surface area contributed by atoms with E-state index in [4.69, 9.17) is 12.2 Å². The first-order chi connectivity index (χ1) is 10.5. The lowest BCUT2D eigenvalue weighted by Crippen LogP contribution is -2.43. The van der Waals surface area contributed by atoms with E-state index >= 15 is 0 Å². The third-order valence-electron chi connectivity index (χ3n) is 2.62. The number of carbonyl (C=O) groups is 1. The lowest BCUT2D eigenvalue weighted by molar-refractivity contribution is 0.0941. The van der Waals surface area contributed by atoms with Gasteiger partial charge in [-0.3, -0.25) is 15.6 Å². The molecule has 2 rings (SSSR count). The fourth-order valence-electron chi connectivity index (χ4n) is 1.59. The number of phenolic OH excluding ortho intramolecular Hbond substituents is 1. The standard InChI is InChI=1S/C14H11F2N3O2S/c15-8-5-6-11(10(16)7-8)17-14(22)19-18-13(21)9-3-1-2-4-12(9)20/h1-7,20H,(H,18,21)(H2,17,19,22). The quantitative estimate of drug-likeness (QED) is 0.504. The second-order valence-corrected chi connectivity index (χ2v) is 4.58. The molecule has 0 aliphatic carbocycles. The van der Waals surface area contributed by atoms with Crippen LogP contribution in [0.4, 0.5) is 14.5 Å². The first kappa shape index (κ1) is 15.6. The van der Waals surface area contributed by atoms with Gasteiger partial charge in [-0.15, -0.1) is 0 Å². The number of nitrogens with one attached hydrogen (secondary N) is 3. The van der Waals surface area contributed by atoms with Crippen molar-refractivity contribution in [3.8, 4) is 5.75 Å². The normalized spacial score (nSPS) is 9.91. The Morgan fingerprint density at radius 2 is 1.82 bits per heavy atom. The van der Waals surface area contributed by atoms with Crippen molar-refractivity contribution in [1.29, 1.82) is 0 Å². The molecule has 8 heteroatoms. The van der Waals surface area contributed by atoms with Gasteiger partial charge in [-0.2, -0.15) is 0 Å². The molecule has 5 nitrogen and oxygen atoms in total. The van der Waals surface area contributed by atoms with E-state index in [-0.39, 0.29) is 22.1 Å². The van der Waals surface area contributed by atoms with Gasteiger partial charge in [0.1, 0.15) is 17.4 Å². The predicted octanol–water partition coefficient (Wildman–Crippen LogP) is 2.30. The highest BCUT2D eigenvalue weighted by atomic mass is 32.1. The molecule has 4 N–H and O–H groups in total. The van der Waals surface area contributed by atoms with Crippen LogP contribution in [0, 0.1) is 11.6 Å². The molecule has 0 heterocycles. The lowest BCUT2D eigenvalue weighted by Gasteiger charge is -2.12. The smallest absolute Gasteiger partial charge is 0.273 e. The molecule has 0 bridgehead atoms. The van der Waals surface area contributed by atoms with E-state index in [0.29, 0.717) is 6.07 Å². The van der Waals surface area contributed by atoms with Gasteiger partial charge in [0, 0.05) is 6.07 Å². The van der Waals surface area contributed by atoms with E-state index in [1.54, 1.807) is 12.1 Å². The topological polar surface area (TPSA) is 73.4 Å². The van der Waals surface area contributed by atoms with Crippen molar-refractivity contribution in [2.75, 3.05) is 5.32 Å². The van der Waals surface area contributed by atoms with Gasteiger partial charge in [0.25, 0.3) is 5.91 Å². The van der Waals surface area contributed by atoms with Gasteiger partial charge in [-0.1, -0.05) is 12.1 Å². The third-order valence-corrected chi connectivity index (χ3v) is 2.82. The molecule has 0 saturated carbocycles. The summed E-state index contributed by atoms with van der Waals surface area (Å²) in [7, 11) is 0. The van der Waals surface area contributed by atoms with Gasteiger partial charge in [0.05, 0.1) is 11.3 Å². The fraction of sp³-hybridized carbons (Fsp3) is 0. The first-order valence-corrected chi connectivity index (χ1v) is 6.48. The van der Waals surface area contributed by atoms with Crippen LogP contribution in [-0.2, 0) is 0 Å². The van der Waals surface area contributed by atoms with Crippen LogP contribution in [0.15, 0.2) is 42.5 Å². The Kier molecular flexibility index (Phi) is 4.84. The molecule has 22 heavy (non-hydrogen) atoms. The average Bonchev–Trinajstić information content (AvgIpc) is 2.48. The van der Waals surface area contributed by atoms with Gasteiger partial charge in [-0.05, 0) is 36.5 Å². The third kappa shape index (κ3) is 3.89. The number of aromatic hydroxyl groups is 1. The minimum Gasteiger partial charge on any atom is -0.507 e. The summed E-state index contributed by atoms with van der Waals surface area (Å²) in [5.41, 5.74) is 4.59. The minimum absolute atomic E-state index is 0.0456. The van der Waals surface area contributed by atoms with Crippen molar-refractivity contribution in [1.82, 2.24) is 10.9 Å². The summed E-state index contributed by atoms with van der Waals surface area (Å²) in [6.45, 7) is 0. The van der Waals surface area contributed by atoms with E-state index in [0.717, 1.165) is 6.07 Å². The van der Waals surface area contributed by atoms with Crippen LogP contribution >= 0.6 is 12.2 Å². The monoisotopic (exact) mass is 323 g/mol. The van der Waals surface area contributed by atoms with Crippen molar-refractivity contribution in [3.63, 3.8) is 0 Å². The summed E-state index contributed by atoms with van der Waals surface area (Å²) < 4.78 is 26.2. The Bertz CT molecular complexity index is 725. The van der Waals surface area contributed by atoms with Gasteiger partial charge in [0.2, 0.25) is 0 Å². The van der Waals surface area contributed by atoms with Gasteiger partial charge in [-0.25, -0.2) is 8.78 Å². The lowest BCUT2D eigenvalue weighted by atomic mass is 10.2. The summed E-state index contributed by atoms with van der Waals surface area (Å²) in [5.74, 6) is -2.35. The molecule has 2 aromatic rings.